The quantitative estimate of drug-likeness (QED) is 0.769. The summed E-state index contributed by atoms with van der Waals surface area (Å²) >= 11 is 6.35. The SMILES string of the molecule is Cc1nn(-c2ccccc2)c(Cl)c1C(=O)OCC(=O)N1CCC[C@H](C)C1. The number of likely N-dealkylation sites (tertiary alicyclic amines) is 1. The molecule has 6 nitrogen and oxygen atoms in total. The van der Waals surface area contributed by atoms with Crippen molar-refractivity contribution >= 4 is 23.5 Å². The van der Waals surface area contributed by atoms with E-state index >= 15 is 0 Å². The van der Waals surface area contributed by atoms with Crippen LogP contribution in [0.1, 0.15) is 35.8 Å². The van der Waals surface area contributed by atoms with Gasteiger partial charge in [-0.2, -0.15) is 5.10 Å². The Morgan fingerprint density at radius 2 is 2.04 bits per heavy atom. The van der Waals surface area contributed by atoms with Crippen molar-refractivity contribution in [2.75, 3.05) is 19.7 Å². The summed E-state index contributed by atoms with van der Waals surface area (Å²) in [5.41, 5.74) is 1.40. The summed E-state index contributed by atoms with van der Waals surface area (Å²) in [5.74, 6) is -0.327. The molecule has 138 valence electrons. The van der Waals surface area contributed by atoms with Crippen molar-refractivity contribution in [2.24, 2.45) is 5.92 Å². The highest BCUT2D eigenvalue weighted by molar-refractivity contribution is 6.33. The third-order valence-electron chi connectivity index (χ3n) is 4.55. The number of nitrogens with zero attached hydrogens (tertiary/aromatic N) is 3. The number of para-hydroxylation sites is 1. The molecular weight excluding hydrogens is 354 g/mol. The number of piperidine rings is 1. The molecule has 0 radical (unpaired) electrons. The molecule has 2 heterocycles. The predicted octanol–water partition coefficient (Wildman–Crippen LogP) is 3.25. The molecule has 3 rings (SSSR count). The van der Waals surface area contributed by atoms with Crippen LogP contribution in [-0.4, -0.2) is 46.3 Å². The van der Waals surface area contributed by atoms with E-state index < -0.39 is 5.97 Å². The summed E-state index contributed by atoms with van der Waals surface area (Å²) < 4.78 is 6.71. The van der Waals surface area contributed by atoms with E-state index in [9.17, 15) is 9.59 Å². The molecule has 0 aliphatic carbocycles. The van der Waals surface area contributed by atoms with Gasteiger partial charge in [-0.3, -0.25) is 4.79 Å². The maximum absolute atomic E-state index is 12.5. The van der Waals surface area contributed by atoms with E-state index in [4.69, 9.17) is 16.3 Å². The number of halogens is 1. The maximum Gasteiger partial charge on any atom is 0.343 e. The minimum atomic E-state index is -0.631. The number of esters is 1. The number of benzene rings is 1. The lowest BCUT2D eigenvalue weighted by Gasteiger charge is -2.30. The van der Waals surface area contributed by atoms with E-state index in [0.29, 0.717) is 24.7 Å². The normalized spacial score (nSPS) is 17.2. The molecule has 0 unspecified atom stereocenters. The monoisotopic (exact) mass is 375 g/mol. The van der Waals surface area contributed by atoms with E-state index in [2.05, 4.69) is 12.0 Å². The van der Waals surface area contributed by atoms with Crippen molar-refractivity contribution in [3.05, 3.63) is 46.7 Å². The van der Waals surface area contributed by atoms with Gasteiger partial charge in [0.1, 0.15) is 10.7 Å². The predicted molar refractivity (Wildman–Crippen MR) is 98.6 cm³/mol. The van der Waals surface area contributed by atoms with Gasteiger partial charge in [0.05, 0.1) is 11.4 Å². The fourth-order valence-electron chi connectivity index (χ4n) is 3.18. The second kappa shape index (κ2) is 7.91. The van der Waals surface area contributed by atoms with Gasteiger partial charge in [0.25, 0.3) is 5.91 Å². The molecule has 1 aliphatic heterocycles. The van der Waals surface area contributed by atoms with Gasteiger partial charge in [0.2, 0.25) is 0 Å². The van der Waals surface area contributed by atoms with Crippen LogP contribution in [0.2, 0.25) is 5.15 Å². The number of rotatable bonds is 4. The van der Waals surface area contributed by atoms with Crippen LogP contribution in [0.5, 0.6) is 0 Å². The zero-order valence-corrected chi connectivity index (χ0v) is 15.7. The average molecular weight is 376 g/mol. The second-order valence-corrected chi connectivity index (χ2v) is 7.02. The van der Waals surface area contributed by atoms with Crippen molar-refractivity contribution in [1.29, 1.82) is 0 Å². The smallest absolute Gasteiger partial charge is 0.343 e. The molecule has 1 aliphatic rings. The van der Waals surface area contributed by atoms with Crippen molar-refractivity contribution in [2.45, 2.75) is 26.7 Å². The summed E-state index contributed by atoms with van der Waals surface area (Å²) in [6.07, 6.45) is 2.10. The Morgan fingerprint density at radius 1 is 1.31 bits per heavy atom. The van der Waals surface area contributed by atoms with Crippen LogP contribution in [-0.2, 0) is 9.53 Å². The highest BCUT2D eigenvalue weighted by atomic mass is 35.5. The van der Waals surface area contributed by atoms with Crippen molar-refractivity contribution in [3.63, 3.8) is 0 Å². The van der Waals surface area contributed by atoms with E-state index in [-0.39, 0.29) is 23.2 Å². The largest absolute Gasteiger partial charge is 0.452 e. The number of amides is 1. The lowest BCUT2D eigenvalue weighted by molar-refractivity contribution is -0.136. The van der Waals surface area contributed by atoms with Gasteiger partial charge < -0.3 is 9.64 Å². The molecule has 26 heavy (non-hydrogen) atoms. The molecule has 1 aromatic heterocycles. The van der Waals surface area contributed by atoms with E-state index in [1.165, 1.54) is 4.68 Å². The van der Waals surface area contributed by atoms with Crippen LogP contribution in [0.4, 0.5) is 0 Å². The molecule has 0 bridgehead atoms. The highest BCUT2D eigenvalue weighted by Crippen LogP contribution is 2.24. The molecular formula is C19H22ClN3O3. The van der Waals surface area contributed by atoms with Crippen LogP contribution in [0.25, 0.3) is 5.69 Å². The van der Waals surface area contributed by atoms with Gasteiger partial charge in [0, 0.05) is 13.1 Å². The third kappa shape index (κ3) is 3.90. The van der Waals surface area contributed by atoms with Crippen molar-refractivity contribution in [3.8, 4) is 5.69 Å². The fraction of sp³-hybridized carbons (Fsp3) is 0.421. The van der Waals surface area contributed by atoms with Crippen LogP contribution in [0, 0.1) is 12.8 Å². The minimum Gasteiger partial charge on any atom is -0.452 e. The molecule has 0 N–H and O–H groups in total. The lowest BCUT2D eigenvalue weighted by Crippen LogP contribution is -2.41. The van der Waals surface area contributed by atoms with Crippen molar-refractivity contribution in [1.82, 2.24) is 14.7 Å². The van der Waals surface area contributed by atoms with E-state index in [1.54, 1.807) is 11.8 Å². The minimum absolute atomic E-state index is 0.172. The van der Waals surface area contributed by atoms with Crippen LogP contribution < -0.4 is 0 Å². The summed E-state index contributed by atoms with van der Waals surface area (Å²) in [5, 5.41) is 4.50. The number of aryl methyl sites for hydroxylation is 1. The van der Waals surface area contributed by atoms with Gasteiger partial charge in [-0.25, -0.2) is 9.48 Å². The number of ether oxygens (including phenoxy) is 1. The highest BCUT2D eigenvalue weighted by Gasteiger charge is 2.25. The van der Waals surface area contributed by atoms with Gasteiger partial charge in [0.15, 0.2) is 6.61 Å². The Bertz CT molecular complexity index is 804. The Hall–Kier alpha value is -2.34. The van der Waals surface area contributed by atoms with E-state index in [1.807, 2.05) is 30.3 Å². The molecule has 7 heteroatoms. The first-order chi connectivity index (χ1) is 12.5. The Kier molecular flexibility index (Phi) is 5.61. The molecule has 1 fully saturated rings. The molecule has 0 saturated carbocycles. The number of aromatic nitrogens is 2. The number of carbonyl (C=O) groups is 2. The first-order valence-corrected chi connectivity index (χ1v) is 9.10. The lowest BCUT2D eigenvalue weighted by atomic mass is 10.0. The fourth-order valence-corrected chi connectivity index (χ4v) is 3.53. The summed E-state index contributed by atoms with van der Waals surface area (Å²) in [6.45, 7) is 4.95. The van der Waals surface area contributed by atoms with Gasteiger partial charge in [-0.05, 0) is 37.8 Å². The number of hydrogen-bond donors (Lipinski definition) is 0. The standard InChI is InChI=1S/C19H22ClN3O3/c1-13-7-6-10-22(11-13)16(24)12-26-19(25)17-14(2)21-23(18(17)20)15-8-4-3-5-9-15/h3-5,8-9,13H,6-7,10-12H2,1-2H3/t13-/m0/s1. The molecule has 2 aromatic rings. The Morgan fingerprint density at radius 3 is 2.73 bits per heavy atom. The second-order valence-electron chi connectivity index (χ2n) is 6.66. The first kappa shape index (κ1) is 18.5. The van der Waals surface area contributed by atoms with E-state index in [0.717, 1.165) is 18.5 Å². The molecule has 1 amide bonds. The van der Waals surface area contributed by atoms with Crippen molar-refractivity contribution < 1.29 is 14.3 Å². The third-order valence-corrected chi connectivity index (χ3v) is 4.89. The Balaban J connectivity index is 1.68. The Labute approximate surface area is 157 Å². The number of carbonyl (C=O) groups excluding carboxylic acids is 2. The molecule has 1 aromatic carbocycles. The zero-order valence-electron chi connectivity index (χ0n) is 14.9. The van der Waals surface area contributed by atoms with Crippen LogP contribution in [0.3, 0.4) is 0 Å². The first-order valence-electron chi connectivity index (χ1n) is 8.72. The van der Waals surface area contributed by atoms with Gasteiger partial charge >= 0.3 is 5.97 Å². The topological polar surface area (TPSA) is 64.4 Å². The average Bonchev–Trinajstić information content (AvgIpc) is 2.94. The number of hydrogen-bond acceptors (Lipinski definition) is 4. The van der Waals surface area contributed by atoms with Gasteiger partial charge in [-0.1, -0.05) is 36.7 Å². The summed E-state index contributed by atoms with van der Waals surface area (Å²) in [7, 11) is 0. The maximum atomic E-state index is 12.5. The molecule has 0 spiro atoms. The zero-order chi connectivity index (χ0) is 18.7. The summed E-state index contributed by atoms with van der Waals surface area (Å²) in [6, 6.07) is 9.29. The molecule has 1 saturated heterocycles. The van der Waals surface area contributed by atoms with Crippen LogP contribution >= 0.6 is 11.6 Å². The summed E-state index contributed by atoms with van der Waals surface area (Å²) in [4.78, 5) is 26.5. The van der Waals surface area contributed by atoms with Gasteiger partial charge in [-0.15, -0.1) is 0 Å². The molecule has 1 atom stereocenters. The van der Waals surface area contributed by atoms with Crippen LogP contribution in [0.15, 0.2) is 30.3 Å².